The number of hydrogen-bond acceptors (Lipinski definition) is 13. The number of hydrogen-bond donors (Lipinski definition) is 4. The SMILES string of the molecule is C.C.C.CC(C)(C)OC(=O)N1CCN(C(=O)c2[nH]c(=O)n(-c3cccc(N4CCOCC4)c3)c2-c2ccccc2)CC1.CC(C)(C)OC(=O)N1CCNCC1.O=C(O)c1[nH]c(=O)n(-c2cccc(N3CCOCC3)c2)c1-c1ccccc1. The van der Waals surface area contributed by atoms with E-state index < -0.39 is 17.3 Å². The quantitative estimate of drug-likeness (QED) is 0.112. The van der Waals surface area contributed by atoms with Crippen LogP contribution in [0.15, 0.2) is 119 Å². The summed E-state index contributed by atoms with van der Waals surface area (Å²) in [4.78, 5) is 90.3. The number of aromatic carboxylic acids is 1. The first-order chi connectivity index (χ1) is 37.8. The number of aromatic nitrogens is 4. The number of nitrogens with zero attached hydrogens (tertiary/aromatic N) is 7. The Bertz CT molecular complexity index is 3150. The Labute approximate surface area is 481 Å². The number of carboxylic acids is 1. The van der Waals surface area contributed by atoms with E-state index in [9.17, 15) is 33.9 Å². The second-order valence-electron chi connectivity index (χ2n) is 21.2. The molecule has 21 heteroatoms. The number of H-pyrrole nitrogens is 2. The van der Waals surface area contributed by atoms with Crippen LogP contribution in [-0.2, 0) is 18.9 Å². The molecule has 0 radical (unpaired) electrons. The van der Waals surface area contributed by atoms with E-state index in [4.69, 9.17) is 18.9 Å². The van der Waals surface area contributed by atoms with Gasteiger partial charge in [0, 0.05) is 101 Å². The van der Waals surface area contributed by atoms with Crippen LogP contribution in [0.5, 0.6) is 0 Å². The van der Waals surface area contributed by atoms with Gasteiger partial charge in [0.1, 0.15) is 16.9 Å². The maximum Gasteiger partial charge on any atom is 0.410 e. The van der Waals surface area contributed by atoms with Crippen molar-refractivity contribution in [3.63, 3.8) is 0 Å². The Balaban J connectivity index is 0.000000249. The summed E-state index contributed by atoms with van der Waals surface area (Å²) in [7, 11) is 0. The third kappa shape index (κ3) is 16.5. The number of carboxylic acid groups (broad SMARTS) is 1. The predicted octanol–water partition coefficient (Wildman–Crippen LogP) is 8.46. The predicted molar refractivity (Wildman–Crippen MR) is 321 cm³/mol. The summed E-state index contributed by atoms with van der Waals surface area (Å²) in [6.07, 6.45) is -0.590. The molecule has 444 valence electrons. The summed E-state index contributed by atoms with van der Waals surface area (Å²) in [5, 5.41) is 12.7. The van der Waals surface area contributed by atoms with Crippen LogP contribution in [0.3, 0.4) is 0 Å². The molecule has 3 amide bonds. The van der Waals surface area contributed by atoms with E-state index in [0.29, 0.717) is 80.9 Å². The fourth-order valence-corrected chi connectivity index (χ4v) is 9.46. The zero-order chi connectivity index (χ0) is 56.3. The number of carbonyl (C=O) groups is 4. The summed E-state index contributed by atoms with van der Waals surface area (Å²) in [5.41, 5.74) is 3.79. The summed E-state index contributed by atoms with van der Waals surface area (Å²) in [6.45, 7) is 21.5. The van der Waals surface area contributed by atoms with Gasteiger partial charge < -0.3 is 58.9 Å². The minimum absolute atomic E-state index is 0. The molecule has 4 fully saturated rings. The highest BCUT2D eigenvalue weighted by atomic mass is 16.6. The third-order valence-electron chi connectivity index (χ3n) is 13.2. The number of carbonyl (C=O) groups excluding carboxylic acids is 3. The van der Waals surface area contributed by atoms with Crippen molar-refractivity contribution in [1.29, 1.82) is 0 Å². The molecule has 0 aliphatic carbocycles. The Morgan fingerprint density at radius 2 is 0.841 bits per heavy atom. The van der Waals surface area contributed by atoms with E-state index in [1.807, 2.05) is 133 Å². The molecule has 2 aromatic heterocycles. The molecule has 4 aliphatic heterocycles. The van der Waals surface area contributed by atoms with Gasteiger partial charge in [-0.1, -0.05) is 95.1 Å². The van der Waals surface area contributed by atoms with Crippen molar-refractivity contribution in [1.82, 2.24) is 39.1 Å². The van der Waals surface area contributed by atoms with Crippen molar-refractivity contribution in [3.05, 3.63) is 142 Å². The van der Waals surface area contributed by atoms with Crippen molar-refractivity contribution in [3.8, 4) is 33.9 Å². The topological polar surface area (TPSA) is 229 Å². The molecule has 21 nitrogen and oxygen atoms in total. The minimum atomic E-state index is -1.17. The van der Waals surface area contributed by atoms with Crippen LogP contribution in [0.2, 0.25) is 0 Å². The normalized spacial score (nSPS) is 15.4. The molecule has 0 unspecified atom stereocenters. The molecule has 0 atom stereocenters. The van der Waals surface area contributed by atoms with Gasteiger partial charge in [0.05, 0.1) is 49.2 Å². The van der Waals surface area contributed by atoms with Crippen LogP contribution >= 0.6 is 0 Å². The maximum absolute atomic E-state index is 13.8. The van der Waals surface area contributed by atoms with Gasteiger partial charge in [-0.05, 0) is 77.9 Å². The van der Waals surface area contributed by atoms with E-state index in [2.05, 4.69) is 25.1 Å². The summed E-state index contributed by atoms with van der Waals surface area (Å²) in [6, 6.07) is 33.8. The molecule has 4 N–H and O–H groups in total. The molecular weight excluding hydrogens is 1050 g/mol. The fraction of sp³-hybridized carbons (Fsp3) is 0.443. The van der Waals surface area contributed by atoms with Gasteiger partial charge in [0.15, 0.2) is 5.69 Å². The molecule has 0 saturated carbocycles. The zero-order valence-electron chi connectivity index (χ0n) is 45.9. The number of amides is 3. The Morgan fingerprint density at radius 3 is 1.24 bits per heavy atom. The molecule has 10 rings (SSSR count). The molecule has 0 spiro atoms. The lowest BCUT2D eigenvalue weighted by Gasteiger charge is -2.35. The standard InChI is InChI=1S/C29H35N5O5.C20H19N3O4.C9H18N2O2.3CH4/c1-29(2,3)39-28(37)33-14-12-32(13-15-33)26(35)24-25(21-8-5-4-6-9-21)34(27(36)30-24)23-11-7-10-22(20-23)31-16-18-38-19-17-31;24-19(25)17-18(14-5-2-1-3-6-14)23(20(26)21-17)16-8-4-7-15(13-16)22-9-11-27-12-10-22;1-9(2,3)13-8(12)11-6-4-10-5-7-11;;;/h4-11,20H,12-19H2,1-3H3,(H,30,36);1-8,13H,9-12H2,(H,21,26)(H,24,25);10H,4-7H2,1-3H3;3*1H4. The number of imidazole rings is 2. The molecule has 82 heavy (non-hydrogen) atoms. The molecule has 4 saturated heterocycles. The summed E-state index contributed by atoms with van der Waals surface area (Å²) in [5.74, 6) is -1.45. The van der Waals surface area contributed by atoms with Crippen molar-refractivity contribution >= 4 is 35.4 Å². The number of anilines is 2. The van der Waals surface area contributed by atoms with Gasteiger partial charge in [-0.2, -0.15) is 0 Å². The molecule has 0 bridgehead atoms. The van der Waals surface area contributed by atoms with E-state index in [0.717, 1.165) is 69.3 Å². The lowest BCUT2D eigenvalue weighted by Crippen LogP contribution is -2.51. The average molecular weight is 1130 g/mol. The van der Waals surface area contributed by atoms with Gasteiger partial charge in [-0.3, -0.25) is 18.9 Å². The largest absolute Gasteiger partial charge is 0.477 e. The van der Waals surface area contributed by atoms with E-state index >= 15 is 0 Å². The van der Waals surface area contributed by atoms with Crippen LogP contribution in [0.4, 0.5) is 21.0 Å². The lowest BCUT2D eigenvalue weighted by molar-refractivity contribution is 0.0139. The van der Waals surface area contributed by atoms with Gasteiger partial charge in [0.2, 0.25) is 0 Å². The number of nitrogens with one attached hydrogen (secondary N) is 3. The highest BCUT2D eigenvalue weighted by molar-refractivity contribution is 5.99. The molecular formula is C61H84N10O11. The minimum Gasteiger partial charge on any atom is -0.477 e. The lowest BCUT2D eigenvalue weighted by atomic mass is 10.1. The first-order valence-electron chi connectivity index (χ1n) is 26.7. The molecule has 6 aromatic rings. The fourth-order valence-electron chi connectivity index (χ4n) is 9.46. The van der Waals surface area contributed by atoms with Gasteiger partial charge in [0.25, 0.3) is 5.91 Å². The first kappa shape index (κ1) is 64.7. The number of ether oxygens (including phenoxy) is 4. The number of rotatable bonds is 8. The van der Waals surface area contributed by atoms with Crippen LogP contribution < -0.4 is 26.5 Å². The average Bonchev–Trinajstić information content (AvgIpc) is 3.83. The second-order valence-corrected chi connectivity index (χ2v) is 21.2. The van der Waals surface area contributed by atoms with Gasteiger partial charge in [-0.15, -0.1) is 0 Å². The Kier molecular flexibility index (Phi) is 22.9. The number of piperazine rings is 2. The second kappa shape index (κ2) is 29.0. The highest BCUT2D eigenvalue weighted by Crippen LogP contribution is 2.30. The van der Waals surface area contributed by atoms with Gasteiger partial charge >= 0.3 is 29.5 Å². The molecule has 4 aromatic carbocycles. The first-order valence-corrected chi connectivity index (χ1v) is 26.7. The van der Waals surface area contributed by atoms with Crippen molar-refractivity contribution in [2.24, 2.45) is 0 Å². The Morgan fingerprint density at radius 1 is 0.476 bits per heavy atom. The van der Waals surface area contributed by atoms with Crippen molar-refractivity contribution in [2.75, 3.05) is 115 Å². The number of aromatic amines is 2. The molecule has 4 aliphatic rings. The van der Waals surface area contributed by atoms with E-state index in [-0.39, 0.29) is 63.1 Å². The number of morpholine rings is 2. The van der Waals surface area contributed by atoms with E-state index in [1.54, 1.807) is 37.5 Å². The van der Waals surface area contributed by atoms with Crippen molar-refractivity contribution < 1.29 is 43.2 Å². The maximum atomic E-state index is 13.8. The highest BCUT2D eigenvalue weighted by Gasteiger charge is 2.32. The van der Waals surface area contributed by atoms with Crippen LogP contribution in [-0.4, -0.2) is 179 Å². The van der Waals surface area contributed by atoms with Crippen LogP contribution in [0, 0.1) is 0 Å². The molecule has 6 heterocycles. The van der Waals surface area contributed by atoms with Crippen molar-refractivity contribution in [2.45, 2.75) is 75.0 Å². The monoisotopic (exact) mass is 1130 g/mol. The summed E-state index contributed by atoms with van der Waals surface area (Å²) < 4.78 is 24.6. The third-order valence-corrected chi connectivity index (χ3v) is 13.2. The zero-order valence-corrected chi connectivity index (χ0v) is 45.9. The smallest absolute Gasteiger partial charge is 0.410 e. The van der Waals surface area contributed by atoms with Crippen LogP contribution in [0.1, 0.15) is 84.8 Å². The van der Waals surface area contributed by atoms with Gasteiger partial charge in [-0.25, -0.2) is 24.0 Å². The Hall–Kier alpha value is -8.14. The summed E-state index contributed by atoms with van der Waals surface area (Å²) >= 11 is 0. The number of benzene rings is 4. The van der Waals surface area contributed by atoms with E-state index in [1.165, 1.54) is 4.57 Å². The van der Waals surface area contributed by atoms with Crippen LogP contribution in [0.25, 0.3) is 33.9 Å².